The van der Waals surface area contributed by atoms with Crippen molar-refractivity contribution in [2.45, 2.75) is 19.8 Å². The molecule has 2 aromatic carbocycles. The molecule has 0 aromatic heterocycles. The fourth-order valence-electron chi connectivity index (χ4n) is 2.98. The Morgan fingerprint density at radius 3 is 2.30 bits per heavy atom. The van der Waals surface area contributed by atoms with Crippen LogP contribution in [0.2, 0.25) is 0 Å². The molecule has 0 radical (unpaired) electrons. The maximum Gasteiger partial charge on any atom is 0.339 e. The van der Waals surface area contributed by atoms with Crippen LogP contribution < -0.4 is 5.32 Å². The number of amides is 1. The second kappa shape index (κ2) is 7.95. The number of carbonyl (C=O) groups excluding carboxylic acids is 4. The van der Waals surface area contributed by atoms with E-state index in [9.17, 15) is 19.2 Å². The van der Waals surface area contributed by atoms with Gasteiger partial charge in [0.25, 0.3) is 5.91 Å². The van der Waals surface area contributed by atoms with Crippen LogP contribution in [-0.2, 0) is 9.53 Å². The first-order chi connectivity index (χ1) is 13.0. The number of hydrogen-bond donors (Lipinski definition) is 1. The minimum atomic E-state index is -0.807. The molecule has 1 amide bonds. The molecule has 0 aliphatic heterocycles. The minimum absolute atomic E-state index is 0.0123. The molecule has 1 aliphatic carbocycles. The van der Waals surface area contributed by atoms with Crippen LogP contribution >= 0.6 is 0 Å². The number of carbonyl (C=O) groups is 4. The van der Waals surface area contributed by atoms with E-state index in [4.69, 9.17) is 4.74 Å². The van der Waals surface area contributed by atoms with E-state index >= 15 is 0 Å². The van der Waals surface area contributed by atoms with Gasteiger partial charge in [-0.3, -0.25) is 14.4 Å². The van der Waals surface area contributed by atoms with Crippen molar-refractivity contribution in [2.24, 2.45) is 0 Å². The van der Waals surface area contributed by atoms with E-state index in [1.54, 1.807) is 24.3 Å². The third kappa shape index (κ3) is 3.65. The van der Waals surface area contributed by atoms with E-state index in [0.29, 0.717) is 12.1 Å². The second-order valence-electron chi connectivity index (χ2n) is 6.21. The van der Waals surface area contributed by atoms with Gasteiger partial charge in [0, 0.05) is 28.8 Å². The Kier molecular flexibility index (Phi) is 5.45. The molecule has 138 valence electrons. The normalized spacial score (nSPS) is 12.2. The molecule has 3 rings (SSSR count). The summed E-state index contributed by atoms with van der Waals surface area (Å²) in [7, 11) is 0. The third-order valence-electron chi connectivity index (χ3n) is 4.36. The molecular formula is C21H19NO5. The monoisotopic (exact) mass is 365 g/mol. The Hall–Kier alpha value is -3.28. The lowest BCUT2D eigenvalue weighted by Crippen LogP contribution is -2.30. The Morgan fingerprint density at radius 1 is 0.926 bits per heavy atom. The molecule has 0 saturated heterocycles. The number of ketones is 2. The van der Waals surface area contributed by atoms with Gasteiger partial charge in [0.05, 0.1) is 5.56 Å². The van der Waals surface area contributed by atoms with Crippen molar-refractivity contribution in [1.82, 2.24) is 5.32 Å². The number of esters is 1. The number of unbranched alkanes of at least 4 members (excludes halogenated alkanes) is 1. The highest BCUT2D eigenvalue weighted by atomic mass is 16.5. The molecule has 6 heteroatoms. The topological polar surface area (TPSA) is 89.5 Å². The van der Waals surface area contributed by atoms with Crippen molar-refractivity contribution in [1.29, 1.82) is 0 Å². The number of ether oxygens (including phenoxy) is 1. The molecule has 2 aromatic rings. The zero-order valence-electron chi connectivity index (χ0n) is 14.9. The lowest BCUT2D eigenvalue weighted by atomic mass is 9.82. The number of rotatable bonds is 6. The van der Waals surface area contributed by atoms with E-state index in [2.05, 4.69) is 5.32 Å². The number of hydrogen-bond acceptors (Lipinski definition) is 5. The largest absolute Gasteiger partial charge is 0.452 e. The van der Waals surface area contributed by atoms with Crippen molar-refractivity contribution in [3.63, 3.8) is 0 Å². The molecule has 27 heavy (non-hydrogen) atoms. The van der Waals surface area contributed by atoms with Crippen molar-refractivity contribution in [3.8, 4) is 0 Å². The van der Waals surface area contributed by atoms with Gasteiger partial charge in [-0.1, -0.05) is 49.7 Å². The van der Waals surface area contributed by atoms with Crippen LogP contribution in [0.5, 0.6) is 0 Å². The van der Waals surface area contributed by atoms with Crippen LogP contribution in [-0.4, -0.2) is 36.6 Å². The van der Waals surface area contributed by atoms with E-state index in [1.165, 1.54) is 18.2 Å². The number of benzene rings is 2. The molecule has 0 fully saturated rings. The highest BCUT2D eigenvalue weighted by molar-refractivity contribution is 6.30. The maximum absolute atomic E-state index is 12.9. The van der Waals surface area contributed by atoms with Gasteiger partial charge < -0.3 is 10.1 Å². The predicted molar refractivity (Wildman–Crippen MR) is 97.9 cm³/mol. The molecule has 0 saturated carbocycles. The smallest absolute Gasteiger partial charge is 0.339 e. The highest BCUT2D eigenvalue weighted by Crippen LogP contribution is 2.29. The first-order valence-corrected chi connectivity index (χ1v) is 8.79. The molecule has 0 atom stereocenters. The molecule has 6 nitrogen and oxygen atoms in total. The van der Waals surface area contributed by atoms with Gasteiger partial charge in [0.15, 0.2) is 18.2 Å². The van der Waals surface area contributed by atoms with E-state index < -0.39 is 24.3 Å². The first-order valence-electron chi connectivity index (χ1n) is 8.79. The SMILES string of the molecule is CCCCNC(=O)COC(=O)c1cccc2c1C(=O)c1ccccc1C2=O. The molecule has 0 unspecified atom stereocenters. The zero-order valence-corrected chi connectivity index (χ0v) is 14.9. The average molecular weight is 365 g/mol. The van der Waals surface area contributed by atoms with Crippen molar-refractivity contribution >= 4 is 23.4 Å². The highest BCUT2D eigenvalue weighted by Gasteiger charge is 2.33. The van der Waals surface area contributed by atoms with E-state index in [-0.39, 0.29) is 28.0 Å². The Labute approximate surface area is 156 Å². The molecule has 1 N–H and O–H groups in total. The summed E-state index contributed by atoms with van der Waals surface area (Å²) in [5.41, 5.74) is 0.753. The summed E-state index contributed by atoms with van der Waals surface area (Å²) in [4.78, 5) is 49.7. The van der Waals surface area contributed by atoms with Crippen LogP contribution in [0.3, 0.4) is 0 Å². The summed E-state index contributed by atoms with van der Waals surface area (Å²) in [6.45, 7) is 2.07. The van der Waals surface area contributed by atoms with Gasteiger partial charge >= 0.3 is 5.97 Å². The van der Waals surface area contributed by atoms with Gasteiger partial charge in [0.2, 0.25) is 0 Å². The van der Waals surface area contributed by atoms with Crippen LogP contribution in [0.1, 0.15) is 62.0 Å². The van der Waals surface area contributed by atoms with E-state index in [0.717, 1.165) is 12.8 Å². The fraction of sp³-hybridized carbons (Fsp3) is 0.238. The molecular weight excluding hydrogens is 346 g/mol. The van der Waals surface area contributed by atoms with Crippen LogP contribution in [0.4, 0.5) is 0 Å². The predicted octanol–water partition coefficient (Wildman–Crippen LogP) is 2.54. The lowest BCUT2D eigenvalue weighted by molar-refractivity contribution is -0.124. The number of nitrogens with one attached hydrogen (secondary N) is 1. The molecule has 1 aliphatic rings. The van der Waals surface area contributed by atoms with Crippen molar-refractivity contribution in [2.75, 3.05) is 13.2 Å². The van der Waals surface area contributed by atoms with E-state index in [1.807, 2.05) is 6.92 Å². The number of fused-ring (bicyclic) bond motifs is 2. The summed E-state index contributed by atoms with van der Waals surface area (Å²) in [6, 6.07) is 11.0. The molecule has 0 bridgehead atoms. The third-order valence-corrected chi connectivity index (χ3v) is 4.36. The van der Waals surface area contributed by atoms with Gasteiger partial charge in [0.1, 0.15) is 0 Å². The average Bonchev–Trinajstić information content (AvgIpc) is 2.70. The maximum atomic E-state index is 12.9. The Morgan fingerprint density at radius 2 is 1.59 bits per heavy atom. The Bertz CT molecular complexity index is 932. The van der Waals surface area contributed by atoms with Gasteiger partial charge in [-0.25, -0.2) is 4.79 Å². The first kappa shape index (κ1) is 18.5. The summed E-state index contributed by atoms with van der Waals surface area (Å²) in [5.74, 6) is -1.93. The summed E-state index contributed by atoms with van der Waals surface area (Å²) in [5, 5.41) is 2.64. The van der Waals surface area contributed by atoms with Crippen LogP contribution in [0, 0.1) is 0 Å². The van der Waals surface area contributed by atoms with Gasteiger partial charge in [-0.05, 0) is 12.5 Å². The summed E-state index contributed by atoms with van der Waals surface area (Å²) in [6.07, 6.45) is 1.77. The van der Waals surface area contributed by atoms with Gasteiger partial charge in [-0.2, -0.15) is 0 Å². The summed E-state index contributed by atoms with van der Waals surface area (Å²) >= 11 is 0. The lowest BCUT2D eigenvalue weighted by Gasteiger charge is -2.19. The van der Waals surface area contributed by atoms with Crippen molar-refractivity contribution in [3.05, 3.63) is 70.3 Å². The van der Waals surface area contributed by atoms with Crippen LogP contribution in [0.25, 0.3) is 0 Å². The standard InChI is InChI=1S/C21H19NO5/c1-2-3-11-22-17(23)12-27-21(26)16-10-6-9-15-18(16)20(25)14-8-5-4-7-13(14)19(15)24/h4-10H,2-3,11-12H2,1H3,(H,22,23). The molecule has 0 heterocycles. The second-order valence-corrected chi connectivity index (χ2v) is 6.21. The fourth-order valence-corrected chi connectivity index (χ4v) is 2.98. The van der Waals surface area contributed by atoms with Crippen molar-refractivity contribution < 1.29 is 23.9 Å². The minimum Gasteiger partial charge on any atom is -0.452 e. The Balaban J connectivity index is 1.82. The zero-order chi connectivity index (χ0) is 19.4. The summed E-state index contributed by atoms with van der Waals surface area (Å²) < 4.78 is 5.04. The quantitative estimate of drug-likeness (QED) is 0.536. The van der Waals surface area contributed by atoms with Gasteiger partial charge in [-0.15, -0.1) is 0 Å². The van der Waals surface area contributed by atoms with Crippen LogP contribution in [0.15, 0.2) is 42.5 Å². The molecule has 0 spiro atoms.